The van der Waals surface area contributed by atoms with Crippen LogP contribution in [-0.2, 0) is 4.79 Å². The summed E-state index contributed by atoms with van der Waals surface area (Å²) in [6.45, 7) is 0. The van der Waals surface area contributed by atoms with Gasteiger partial charge in [0.1, 0.15) is 5.75 Å². The number of ether oxygens (including phenoxy) is 1. The first-order valence-electron chi connectivity index (χ1n) is 10.9. The Morgan fingerprint density at radius 1 is 1.03 bits per heavy atom. The SMILES string of the molecule is COc1ccc(-n2c(SCC(=O)N/N=C/c3ccc(N(C)C)cc3)nnc2-c2ccccc2)cc1. The molecule has 0 aliphatic carbocycles. The van der Waals surface area contributed by atoms with E-state index in [1.807, 2.05) is 102 Å². The third-order valence-corrected chi connectivity index (χ3v) is 6.07. The predicted molar refractivity (Wildman–Crippen MR) is 141 cm³/mol. The fourth-order valence-electron chi connectivity index (χ4n) is 3.30. The lowest BCUT2D eigenvalue weighted by Crippen LogP contribution is -2.20. The van der Waals surface area contributed by atoms with E-state index in [2.05, 4.69) is 20.7 Å². The summed E-state index contributed by atoms with van der Waals surface area (Å²) >= 11 is 1.29. The number of hydrogen-bond acceptors (Lipinski definition) is 7. The van der Waals surface area contributed by atoms with Crippen molar-refractivity contribution in [3.63, 3.8) is 0 Å². The van der Waals surface area contributed by atoms with Crippen LogP contribution in [0.1, 0.15) is 5.56 Å². The van der Waals surface area contributed by atoms with Crippen molar-refractivity contribution < 1.29 is 9.53 Å². The minimum Gasteiger partial charge on any atom is -0.497 e. The molecule has 1 amide bonds. The Labute approximate surface area is 208 Å². The molecule has 0 radical (unpaired) electrons. The third kappa shape index (κ3) is 6.07. The van der Waals surface area contributed by atoms with Gasteiger partial charge in [0.15, 0.2) is 11.0 Å². The molecule has 0 aliphatic rings. The molecule has 4 aromatic rings. The number of amides is 1. The second-order valence-electron chi connectivity index (χ2n) is 7.77. The summed E-state index contributed by atoms with van der Waals surface area (Å²) in [4.78, 5) is 14.5. The molecular weight excluding hydrogens is 460 g/mol. The number of anilines is 1. The summed E-state index contributed by atoms with van der Waals surface area (Å²) in [5.74, 6) is 1.35. The number of carbonyl (C=O) groups is 1. The van der Waals surface area contributed by atoms with Crippen molar-refractivity contribution in [2.45, 2.75) is 5.16 Å². The number of aromatic nitrogens is 3. The van der Waals surface area contributed by atoms with Gasteiger partial charge in [0.25, 0.3) is 5.91 Å². The Morgan fingerprint density at radius 3 is 2.40 bits per heavy atom. The van der Waals surface area contributed by atoms with Crippen LogP contribution in [0.25, 0.3) is 17.1 Å². The molecule has 0 spiro atoms. The van der Waals surface area contributed by atoms with Gasteiger partial charge in [0.2, 0.25) is 0 Å². The lowest BCUT2D eigenvalue weighted by atomic mass is 10.2. The molecule has 3 aromatic carbocycles. The van der Waals surface area contributed by atoms with E-state index in [4.69, 9.17) is 4.74 Å². The molecule has 0 atom stereocenters. The average molecular weight is 487 g/mol. The van der Waals surface area contributed by atoms with Gasteiger partial charge in [0.05, 0.1) is 19.1 Å². The maximum Gasteiger partial charge on any atom is 0.250 e. The largest absolute Gasteiger partial charge is 0.497 e. The van der Waals surface area contributed by atoms with E-state index in [-0.39, 0.29) is 11.7 Å². The van der Waals surface area contributed by atoms with Crippen molar-refractivity contribution >= 4 is 29.6 Å². The molecule has 0 aliphatic heterocycles. The summed E-state index contributed by atoms with van der Waals surface area (Å²) in [6.07, 6.45) is 1.62. The predicted octanol–water partition coefficient (Wildman–Crippen LogP) is 4.25. The van der Waals surface area contributed by atoms with Crippen molar-refractivity contribution in [1.82, 2.24) is 20.2 Å². The van der Waals surface area contributed by atoms with Crippen LogP contribution < -0.4 is 15.1 Å². The molecule has 8 nitrogen and oxygen atoms in total. The number of nitrogens with zero attached hydrogens (tertiary/aromatic N) is 5. The molecule has 9 heteroatoms. The van der Waals surface area contributed by atoms with Gasteiger partial charge in [0, 0.05) is 31.0 Å². The van der Waals surface area contributed by atoms with Crippen molar-refractivity contribution in [3.05, 3.63) is 84.4 Å². The van der Waals surface area contributed by atoms with Crippen LogP contribution in [-0.4, -0.2) is 53.8 Å². The van der Waals surface area contributed by atoms with E-state index >= 15 is 0 Å². The maximum absolute atomic E-state index is 12.4. The smallest absolute Gasteiger partial charge is 0.250 e. The maximum atomic E-state index is 12.4. The van der Waals surface area contributed by atoms with Crippen LogP contribution in [0.5, 0.6) is 5.75 Å². The van der Waals surface area contributed by atoms with Gasteiger partial charge in [-0.2, -0.15) is 5.10 Å². The van der Waals surface area contributed by atoms with Crippen molar-refractivity contribution in [2.75, 3.05) is 31.9 Å². The summed E-state index contributed by atoms with van der Waals surface area (Å²) in [6, 6.07) is 25.3. The van der Waals surface area contributed by atoms with E-state index in [1.54, 1.807) is 13.3 Å². The number of rotatable bonds is 9. The normalized spacial score (nSPS) is 10.9. The highest BCUT2D eigenvalue weighted by atomic mass is 32.2. The number of carbonyl (C=O) groups excluding carboxylic acids is 1. The van der Waals surface area contributed by atoms with Crippen LogP contribution >= 0.6 is 11.8 Å². The average Bonchev–Trinajstić information content (AvgIpc) is 3.32. The molecule has 178 valence electrons. The monoisotopic (exact) mass is 486 g/mol. The van der Waals surface area contributed by atoms with E-state index < -0.39 is 0 Å². The molecule has 1 N–H and O–H groups in total. The van der Waals surface area contributed by atoms with Gasteiger partial charge < -0.3 is 9.64 Å². The first kappa shape index (κ1) is 24.0. The van der Waals surface area contributed by atoms with Gasteiger partial charge >= 0.3 is 0 Å². The first-order chi connectivity index (χ1) is 17.0. The van der Waals surface area contributed by atoms with E-state index in [0.717, 1.165) is 28.3 Å². The number of nitrogens with one attached hydrogen (secondary N) is 1. The standard InChI is InChI=1S/C26H26N6O2S/c1-31(2)21-11-9-19(10-12-21)17-27-28-24(33)18-35-26-30-29-25(20-7-5-4-6-8-20)32(26)22-13-15-23(34-3)16-14-22/h4-17H,18H2,1-3H3,(H,28,33)/b27-17+. The highest BCUT2D eigenvalue weighted by Gasteiger charge is 2.17. The Kier molecular flexibility index (Phi) is 7.79. The number of benzene rings is 3. The van der Waals surface area contributed by atoms with Crippen molar-refractivity contribution in [2.24, 2.45) is 5.10 Å². The molecule has 35 heavy (non-hydrogen) atoms. The van der Waals surface area contributed by atoms with E-state index in [1.165, 1.54) is 11.8 Å². The fraction of sp³-hybridized carbons (Fsp3) is 0.154. The summed E-state index contributed by atoms with van der Waals surface area (Å²) < 4.78 is 7.21. The van der Waals surface area contributed by atoms with E-state index in [0.29, 0.717) is 11.0 Å². The highest BCUT2D eigenvalue weighted by molar-refractivity contribution is 7.99. The van der Waals surface area contributed by atoms with Gasteiger partial charge in [-0.3, -0.25) is 9.36 Å². The Balaban J connectivity index is 1.46. The molecule has 1 heterocycles. The number of hydrogen-bond donors (Lipinski definition) is 1. The fourth-order valence-corrected chi connectivity index (χ4v) is 4.05. The minimum atomic E-state index is -0.235. The Bertz CT molecular complexity index is 1290. The number of methoxy groups -OCH3 is 1. The molecule has 0 bridgehead atoms. The van der Waals surface area contributed by atoms with Gasteiger partial charge in [-0.25, -0.2) is 5.43 Å². The molecule has 0 saturated heterocycles. The molecular formula is C26H26N6O2S. The summed E-state index contributed by atoms with van der Waals surface area (Å²) in [5.41, 5.74) is 6.37. The van der Waals surface area contributed by atoms with Crippen LogP contribution in [0, 0.1) is 0 Å². The molecule has 0 unspecified atom stereocenters. The second-order valence-corrected chi connectivity index (χ2v) is 8.72. The number of thioether (sulfide) groups is 1. The first-order valence-corrected chi connectivity index (χ1v) is 11.9. The zero-order valence-electron chi connectivity index (χ0n) is 19.8. The van der Waals surface area contributed by atoms with Crippen LogP contribution in [0.15, 0.2) is 89.1 Å². The minimum absolute atomic E-state index is 0.139. The molecule has 4 rings (SSSR count). The quantitative estimate of drug-likeness (QED) is 0.216. The third-order valence-electron chi connectivity index (χ3n) is 5.14. The number of hydrazone groups is 1. The zero-order valence-corrected chi connectivity index (χ0v) is 20.6. The Morgan fingerprint density at radius 2 is 1.74 bits per heavy atom. The molecule has 0 saturated carbocycles. The second kappa shape index (κ2) is 11.3. The van der Waals surface area contributed by atoms with Crippen LogP contribution in [0.2, 0.25) is 0 Å². The van der Waals surface area contributed by atoms with Gasteiger partial charge in [-0.1, -0.05) is 54.2 Å². The van der Waals surface area contributed by atoms with Crippen molar-refractivity contribution in [1.29, 1.82) is 0 Å². The zero-order chi connectivity index (χ0) is 24.6. The molecule has 0 fully saturated rings. The summed E-state index contributed by atoms with van der Waals surface area (Å²) in [5, 5.41) is 13.4. The summed E-state index contributed by atoms with van der Waals surface area (Å²) in [7, 11) is 5.60. The lowest BCUT2D eigenvalue weighted by molar-refractivity contribution is -0.118. The lowest BCUT2D eigenvalue weighted by Gasteiger charge is -2.11. The topological polar surface area (TPSA) is 84.6 Å². The van der Waals surface area contributed by atoms with Crippen LogP contribution in [0.3, 0.4) is 0 Å². The molecule has 1 aromatic heterocycles. The van der Waals surface area contributed by atoms with Crippen molar-refractivity contribution in [3.8, 4) is 22.8 Å². The highest BCUT2D eigenvalue weighted by Crippen LogP contribution is 2.28. The van der Waals surface area contributed by atoms with Gasteiger partial charge in [-0.05, 0) is 42.0 Å². The van der Waals surface area contributed by atoms with E-state index in [9.17, 15) is 4.79 Å². The van der Waals surface area contributed by atoms with Crippen LogP contribution in [0.4, 0.5) is 5.69 Å². The Hall–Kier alpha value is -4.11. The van der Waals surface area contributed by atoms with Gasteiger partial charge in [-0.15, -0.1) is 10.2 Å².